The Bertz CT molecular complexity index is 991. The first-order valence-corrected chi connectivity index (χ1v) is 10.4. The van der Waals surface area contributed by atoms with Crippen molar-refractivity contribution in [2.24, 2.45) is 5.41 Å². The molecule has 1 aliphatic carbocycles. The highest BCUT2D eigenvalue weighted by molar-refractivity contribution is 5.69. The van der Waals surface area contributed by atoms with Crippen LogP contribution in [-0.2, 0) is 0 Å². The summed E-state index contributed by atoms with van der Waals surface area (Å²) in [6, 6.07) is 8.82. The van der Waals surface area contributed by atoms with Crippen LogP contribution in [0.3, 0.4) is 0 Å². The summed E-state index contributed by atoms with van der Waals surface area (Å²) in [6.07, 6.45) is 7.66. The lowest BCUT2D eigenvalue weighted by molar-refractivity contribution is 0.107. The maximum atomic E-state index is 14.7. The average molecular weight is 410 g/mol. The van der Waals surface area contributed by atoms with E-state index >= 15 is 0 Å². The number of hydrogen-bond acceptors (Lipinski definition) is 5. The van der Waals surface area contributed by atoms with Crippen LogP contribution in [0.4, 0.5) is 10.2 Å². The molecule has 0 amide bonds. The van der Waals surface area contributed by atoms with Crippen molar-refractivity contribution in [1.82, 2.24) is 19.7 Å². The Labute approximate surface area is 176 Å². The molecule has 1 saturated carbocycles. The third-order valence-corrected chi connectivity index (χ3v) is 6.57. The summed E-state index contributed by atoms with van der Waals surface area (Å²) in [6.45, 7) is 4.42. The molecule has 2 heterocycles. The van der Waals surface area contributed by atoms with Crippen LogP contribution in [0.2, 0.25) is 0 Å². The highest BCUT2D eigenvalue weighted by Crippen LogP contribution is 2.42. The third-order valence-electron chi connectivity index (χ3n) is 6.57. The number of phenolic OH excluding ortho intramolecular Hbond substituents is 1. The van der Waals surface area contributed by atoms with Gasteiger partial charge in [-0.2, -0.15) is 0 Å². The minimum absolute atomic E-state index is 0.117. The van der Waals surface area contributed by atoms with Crippen LogP contribution in [-0.4, -0.2) is 44.1 Å². The first-order chi connectivity index (χ1) is 14.4. The Morgan fingerprint density at radius 3 is 2.73 bits per heavy atom. The number of aromatic hydroxyl groups is 1. The molecule has 1 N–H and O–H groups in total. The molecule has 3 aromatic rings. The Kier molecular flexibility index (Phi) is 5.45. The van der Waals surface area contributed by atoms with Gasteiger partial charge in [0.15, 0.2) is 5.82 Å². The normalized spacial score (nSPS) is 24.0. The molecule has 4 rings (SSSR count). The zero-order valence-electron chi connectivity index (χ0n) is 17.7. The van der Waals surface area contributed by atoms with Crippen molar-refractivity contribution >= 4 is 5.82 Å². The van der Waals surface area contributed by atoms with Gasteiger partial charge in [0.2, 0.25) is 0 Å². The Balaban J connectivity index is 1.54. The molecule has 6 nitrogen and oxygen atoms in total. The zero-order chi connectivity index (χ0) is 21.3. The second-order valence-corrected chi connectivity index (χ2v) is 8.55. The molecule has 2 aromatic heterocycles. The van der Waals surface area contributed by atoms with Gasteiger partial charge in [-0.3, -0.25) is 0 Å². The van der Waals surface area contributed by atoms with E-state index < -0.39 is 6.17 Å². The number of rotatable bonds is 5. The van der Waals surface area contributed by atoms with E-state index in [1.54, 1.807) is 18.6 Å². The molecule has 0 radical (unpaired) electrons. The summed E-state index contributed by atoms with van der Waals surface area (Å²) in [5.74, 6) is 0.757. The maximum Gasteiger partial charge on any atom is 0.151 e. The van der Waals surface area contributed by atoms with Gasteiger partial charge in [0.1, 0.15) is 11.9 Å². The number of anilines is 1. The Morgan fingerprint density at radius 2 is 2.10 bits per heavy atom. The van der Waals surface area contributed by atoms with E-state index in [1.165, 1.54) is 0 Å². The first-order valence-electron chi connectivity index (χ1n) is 10.4. The number of halogens is 1. The van der Waals surface area contributed by atoms with Crippen molar-refractivity contribution in [3.8, 4) is 22.7 Å². The molecule has 0 saturated heterocycles. The fourth-order valence-electron chi connectivity index (χ4n) is 4.25. The summed E-state index contributed by atoms with van der Waals surface area (Å²) in [5, 5.41) is 19.1. The molecule has 1 aliphatic rings. The molecule has 0 aliphatic heterocycles. The van der Waals surface area contributed by atoms with Crippen molar-refractivity contribution < 1.29 is 9.50 Å². The lowest BCUT2D eigenvalue weighted by atomic mass is 9.71. The molecular formula is C23H28FN5O. The molecule has 1 fully saturated rings. The van der Waals surface area contributed by atoms with Gasteiger partial charge in [-0.25, -0.2) is 9.37 Å². The summed E-state index contributed by atoms with van der Waals surface area (Å²) < 4.78 is 16.5. The summed E-state index contributed by atoms with van der Waals surface area (Å²) in [5.41, 5.74) is 2.14. The number of nitrogens with zero attached hydrogens (tertiary/aromatic N) is 5. The lowest BCUT2D eigenvalue weighted by Gasteiger charge is -2.43. The Hall–Kier alpha value is -2.96. The summed E-state index contributed by atoms with van der Waals surface area (Å²) in [4.78, 5) is 5.93. The quantitative estimate of drug-likeness (QED) is 0.657. The molecular weight excluding hydrogens is 381 g/mol. The number of imidazole rings is 1. The number of alkyl halides is 1. The molecule has 158 valence electrons. The van der Waals surface area contributed by atoms with E-state index in [2.05, 4.69) is 29.0 Å². The third kappa shape index (κ3) is 3.88. The minimum atomic E-state index is -0.865. The van der Waals surface area contributed by atoms with Crippen molar-refractivity contribution in [3.05, 3.63) is 49.1 Å². The largest absolute Gasteiger partial charge is 0.507 e. The highest BCUT2D eigenvalue weighted by atomic mass is 19.1. The van der Waals surface area contributed by atoms with Crippen LogP contribution in [0.25, 0.3) is 16.9 Å². The van der Waals surface area contributed by atoms with Crippen molar-refractivity contribution in [3.63, 3.8) is 0 Å². The average Bonchev–Trinajstić information content (AvgIpc) is 3.30. The number of benzene rings is 1. The van der Waals surface area contributed by atoms with Gasteiger partial charge in [-0.05, 0) is 48.9 Å². The van der Waals surface area contributed by atoms with Crippen molar-refractivity contribution in [2.75, 3.05) is 11.9 Å². The smallest absolute Gasteiger partial charge is 0.151 e. The van der Waals surface area contributed by atoms with Crippen LogP contribution >= 0.6 is 0 Å². The molecule has 1 aromatic carbocycles. The van der Waals surface area contributed by atoms with Crippen LogP contribution in [0, 0.1) is 5.41 Å². The van der Waals surface area contributed by atoms with Gasteiger partial charge in [-0.1, -0.05) is 20.3 Å². The number of aromatic nitrogens is 4. The predicted octanol–water partition coefficient (Wildman–Crippen LogP) is 4.78. The number of hydrogen-bond donors (Lipinski definition) is 1. The van der Waals surface area contributed by atoms with Gasteiger partial charge >= 0.3 is 0 Å². The molecule has 0 unspecified atom stereocenters. The van der Waals surface area contributed by atoms with Crippen LogP contribution in [0.5, 0.6) is 5.75 Å². The molecule has 0 spiro atoms. The summed E-state index contributed by atoms with van der Waals surface area (Å²) in [7, 11) is 1.89. The highest BCUT2D eigenvalue weighted by Gasteiger charge is 2.39. The second kappa shape index (κ2) is 8.05. The fourth-order valence-corrected chi connectivity index (χ4v) is 4.25. The predicted molar refractivity (Wildman–Crippen MR) is 116 cm³/mol. The number of phenols is 1. The fraction of sp³-hybridized carbons (Fsp3) is 0.435. The van der Waals surface area contributed by atoms with E-state index in [0.717, 1.165) is 24.9 Å². The van der Waals surface area contributed by atoms with Crippen LogP contribution < -0.4 is 4.90 Å². The first kappa shape index (κ1) is 20.3. The van der Waals surface area contributed by atoms with Crippen molar-refractivity contribution in [1.29, 1.82) is 0 Å². The van der Waals surface area contributed by atoms with E-state index in [4.69, 9.17) is 0 Å². The summed E-state index contributed by atoms with van der Waals surface area (Å²) >= 11 is 0. The van der Waals surface area contributed by atoms with Crippen LogP contribution in [0.1, 0.15) is 39.5 Å². The molecule has 0 bridgehead atoms. The maximum absolute atomic E-state index is 14.7. The van der Waals surface area contributed by atoms with E-state index in [1.807, 2.05) is 47.0 Å². The SMILES string of the molecule is CC[C@]1(C)CC[C@H](F)[C@H](N(C)c2ccc(-c3ccc(-n4ccnc4)cc3O)nn2)C1. The van der Waals surface area contributed by atoms with E-state index in [-0.39, 0.29) is 17.2 Å². The molecule has 3 atom stereocenters. The van der Waals surface area contributed by atoms with Gasteiger partial charge in [-0.15, -0.1) is 10.2 Å². The topological polar surface area (TPSA) is 67.1 Å². The molecule has 7 heteroatoms. The standard InChI is InChI=1S/C23H28FN5O/c1-4-23(2)10-9-18(24)20(14-23)28(3)22-8-7-19(26-27-22)17-6-5-16(13-21(17)30)29-12-11-25-15-29/h5-8,11-13,15,18,20,30H,4,9-10,14H2,1-3H3/t18-,20+,23+/m0/s1. The van der Waals surface area contributed by atoms with Crippen LogP contribution in [0.15, 0.2) is 49.1 Å². The lowest BCUT2D eigenvalue weighted by Crippen LogP contribution is -2.47. The second-order valence-electron chi connectivity index (χ2n) is 8.55. The molecule has 30 heavy (non-hydrogen) atoms. The van der Waals surface area contributed by atoms with Gasteiger partial charge in [0.25, 0.3) is 0 Å². The van der Waals surface area contributed by atoms with E-state index in [9.17, 15) is 9.50 Å². The zero-order valence-corrected chi connectivity index (χ0v) is 17.7. The minimum Gasteiger partial charge on any atom is -0.507 e. The van der Waals surface area contributed by atoms with Gasteiger partial charge in [0.05, 0.1) is 23.8 Å². The Morgan fingerprint density at radius 1 is 1.27 bits per heavy atom. The monoisotopic (exact) mass is 409 g/mol. The van der Waals surface area contributed by atoms with Gasteiger partial charge < -0.3 is 14.6 Å². The van der Waals surface area contributed by atoms with Gasteiger partial charge in [0, 0.05) is 31.1 Å². The van der Waals surface area contributed by atoms with Crippen molar-refractivity contribution in [2.45, 2.75) is 51.7 Å². The van der Waals surface area contributed by atoms with E-state index in [0.29, 0.717) is 23.5 Å².